The van der Waals surface area contributed by atoms with Crippen molar-refractivity contribution in [3.8, 4) is 0 Å². The molecule has 0 spiro atoms. The van der Waals surface area contributed by atoms with Gasteiger partial charge in [0.1, 0.15) is 54.3 Å². The number of aliphatic hydroxyl groups is 6. The Hall–Kier alpha value is -7.12. The Balaban J connectivity index is 1.09. The van der Waals surface area contributed by atoms with Crippen molar-refractivity contribution in [1.29, 1.82) is 0 Å². The molecule has 0 radical (unpaired) electrons. The third kappa shape index (κ3) is 13.0. The molecular weight excluding hydrogens is 1210 g/mol. The number of carbonyl (C=O) groups excluding carboxylic acids is 8. The molecule has 21 atom stereocenters. The van der Waals surface area contributed by atoms with Crippen LogP contribution in [-0.2, 0) is 76.1 Å². The first kappa shape index (κ1) is 69.2. The molecule has 500 valence electrons. The number of ketones is 1. The SMILES string of the molecule is COC1OC(CO)C(OC2OC(CO)C(C)C(O)C2NC(=O)CCC(=O)OC(C(=O)O[C@H]2C[C@@]3(O)C(OC(=O)c4ccccc4)[C@@H]4C5(OC(C)=O)CO[C@@H]5C[C@H](O)[C@@]4(C)C(=O)[C@H](OC(C)=O)C(=C2C)C3(C)C)C(NC(=O)c2ccccc2)c2ccccc2)C(O)C1N. The number of Topliss-reactive ketones (excluding diaryl/α,β-unsaturated/α-hetero) is 1. The zero-order valence-corrected chi connectivity index (χ0v) is 52.1. The zero-order chi connectivity index (χ0) is 66.9. The van der Waals surface area contributed by atoms with Crippen molar-refractivity contribution in [3.05, 3.63) is 119 Å². The molecule has 92 heavy (non-hydrogen) atoms. The molecule has 27 heteroatoms. The van der Waals surface area contributed by atoms with Gasteiger partial charge in [-0.2, -0.15) is 0 Å². The van der Waals surface area contributed by atoms with Crippen LogP contribution in [0.5, 0.6) is 0 Å². The Morgan fingerprint density at radius 1 is 0.783 bits per heavy atom. The molecule has 3 aliphatic heterocycles. The summed E-state index contributed by atoms with van der Waals surface area (Å²) in [4.78, 5) is 116. The summed E-state index contributed by atoms with van der Waals surface area (Å²) in [5, 5.41) is 75.1. The van der Waals surface area contributed by atoms with Gasteiger partial charge in [0.15, 0.2) is 30.1 Å². The van der Waals surface area contributed by atoms with E-state index in [0.29, 0.717) is 0 Å². The second-order valence-corrected chi connectivity index (χ2v) is 25.1. The number of hydrogen-bond acceptors (Lipinski definition) is 25. The Bertz CT molecular complexity index is 3240. The summed E-state index contributed by atoms with van der Waals surface area (Å²) in [6.07, 6.45) is -22.8. The fourth-order valence-electron chi connectivity index (χ4n) is 14.2. The number of rotatable bonds is 20. The number of aliphatic hydroxyl groups excluding tert-OH is 5. The molecule has 5 fully saturated rings. The Labute approximate surface area is 530 Å². The van der Waals surface area contributed by atoms with Crippen LogP contribution in [0, 0.1) is 22.7 Å². The van der Waals surface area contributed by atoms with Crippen LogP contribution in [0.4, 0.5) is 0 Å². The highest BCUT2D eigenvalue weighted by atomic mass is 16.7. The molecule has 3 saturated heterocycles. The minimum absolute atomic E-state index is 0.0159. The maximum Gasteiger partial charge on any atom is 0.350 e. The maximum atomic E-state index is 15.9. The number of benzene rings is 3. The summed E-state index contributed by atoms with van der Waals surface area (Å²) in [7, 11) is 1.27. The van der Waals surface area contributed by atoms with Gasteiger partial charge in [-0.15, -0.1) is 0 Å². The number of esters is 5. The number of carbonyl (C=O) groups is 8. The van der Waals surface area contributed by atoms with Crippen LogP contribution in [0.15, 0.2) is 102 Å². The third-order valence-electron chi connectivity index (χ3n) is 19.3. The van der Waals surface area contributed by atoms with Gasteiger partial charge in [0, 0.05) is 57.1 Å². The zero-order valence-electron chi connectivity index (χ0n) is 52.1. The van der Waals surface area contributed by atoms with Crippen molar-refractivity contribution in [2.45, 2.75) is 183 Å². The van der Waals surface area contributed by atoms with E-state index in [0.717, 1.165) is 13.8 Å². The van der Waals surface area contributed by atoms with Crippen molar-refractivity contribution < 1.29 is 116 Å². The van der Waals surface area contributed by atoms with Gasteiger partial charge in [-0.05, 0) is 54.8 Å². The Morgan fingerprint density at radius 3 is 1.97 bits per heavy atom. The van der Waals surface area contributed by atoms with Crippen molar-refractivity contribution in [2.75, 3.05) is 26.9 Å². The lowest BCUT2D eigenvalue weighted by molar-refractivity contribution is -0.346. The van der Waals surface area contributed by atoms with Crippen LogP contribution in [0.1, 0.15) is 106 Å². The number of hydrogen-bond donors (Lipinski definition) is 9. The number of nitrogens with two attached hydrogens (primary N) is 1. The number of ether oxygens (including phenoxy) is 10. The van der Waals surface area contributed by atoms with Gasteiger partial charge in [-0.1, -0.05) is 87.5 Å². The lowest BCUT2D eigenvalue weighted by Gasteiger charge is -2.67. The van der Waals surface area contributed by atoms with Crippen LogP contribution in [-0.4, -0.2) is 208 Å². The molecule has 3 aromatic rings. The molecule has 2 saturated carbocycles. The third-order valence-corrected chi connectivity index (χ3v) is 19.3. The average Bonchev–Trinajstić information content (AvgIpc) is 0.670. The minimum Gasteiger partial charge on any atom is -0.455 e. The van der Waals surface area contributed by atoms with Gasteiger partial charge < -0.3 is 94.4 Å². The summed E-state index contributed by atoms with van der Waals surface area (Å²) < 4.78 is 60.0. The van der Waals surface area contributed by atoms with Crippen LogP contribution in [0.3, 0.4) is 0 Å². The Morgan fingerprint density at radius 2 is 1.39 bits per heavy atom. The summed E-state index contributed by atoms with van der Waals surface area (Å²) in [6, 6.07) is 19.0. The van der Waals surface area contributed by atoms with E-state index in [9.17, 15) is 59.4 Å². The first-order valence-electron chi connectivity index (χ1n) is 30.4. The topological polar surface area (TPSA) is 400 Å². The molecule has 2 bridgehead atoms. The van der Waals surface area contributed by atoms with E-state index in [2.05, 4.69) is 10.6 Å². The second-order valence-electron chi connectivity index (χ2n) is 25.1. The molecule has 14 unspecified atom stereocenters. The van der Waals surface area contributed by atoms with Crippen molar-refractivity contribution >= 4 is 47.4 Å². The smallest absolute Gasteiger partial charge is 0.350 e. The molecule has 6 aliphatic rings. The molecule has 9 rings (SSSR count). The van der Waals surface area contributed by atoms with Crippen LogP contribution >= 0.6 is 0 Å². The van der Waals surface area contributed by atoms with Gasteiger partial charge >= 0.3 is 29.8 Å². The van der Waals surface area contributed by atoms with E-state index >= 15 is 9.59 Å². The minimum atomic E-state index is -2.59. The van der Waals surface area contributed by atoms with E-state index in [1.54, 1.807) is 54.6 Å². The van der Waals surface area contributed by atoms with Gasteiger partial charge in [-0.3, -0.25) is 28.8 Å². The summed E-state index contributed by atoms with van der Waals surface area (Å²) in [6.45, 7) is 7.72. The van der Waals surface area contributed by atoms with Crippen molar-refractivity contribution in [2.24, 2.45) is 28.4 Å². The summed E-state index contributed by atoms with van der Waals surface area (Å²) in [5.74, 6) is -10.7. The van der Waals surface area contributed by atoms with Gasteiger partial charge in [0.25, 0.3) is 5.91 Å². The fourth-order valence-corrected chi connectivity index (χ4v) is 14.2. The van der Waals surface area contributed by atoms with Crippen LogP contribution < -0.4 is 16.4 Å². The van der Waals surface area contributed by atoms with Gasteiger partial charge in [0.05, 0.1) is 67.5 Å². The number of nitrogens with one attached hydrogen (secondary N) is 2. The standard InChI is InChI=1S/C65H81N3O24/c1-31-38(27-65(82)56(91-58(80)37-22-16-11-17-23-37)54-63(7,41(73)26-42-64(54,30-84-42)92-34(4)72)55(78)52(85-33(3)71)45(31)62(65,5)6)86-59(81)53(47(35-18-12-9-13-19-35)68-57(79)36-20-14-10-15-21-36)89-44(75)25-24-43(74)67-48-49(76)32(2)39(28-69)87-61(48)90-51-40(29-70)88-60(83-8)46(66)50(51)77/h9-23,32,38-42,46-54,56,60-61,69-70,73,76-77,82H,24-30,66H2,1-8H3,(H,67,74)(H,68,79)/t32?,38-,39?,40?,41-,42+,46?,47?,48?,49?,50?,51?,52+,53?,54-,56?,60?,61?,63+,64?,65+/m0/s1. The highest BCUT2D eigenvalue weighted by Crippen LogP contribution is 2.64. The molecule has 10 N–H and O–H groups in total. The molecule has 3 aliphatic carbocycles. The van der Waals surface area contributed by atoms with E-state index < -0.39 is 218 Å². The molecule has 0 aromatic heterocycles. The van der Waals surface area contributed by atoms with Crippen molar-refractivity contribution in [1.82, 2.24) is 10.6 Å². The lowest BCUT2D eigenvalue weighted by atomic mass is 9.44. The van der Waals surface area contributed by atoms with Gasteiger partial charge in [0.2, 0.25) is 12.0 Å². The normalized spacial score (nSPS) is 35.3. The second kappa shape index (κ2) is 27.8. The number of fused-ring (bicyclic) bond motifs is 5. The van der Waals surface area contributed by atoms with E-state index in [4.69, 9.17) is 53.1 Å². The molecule has 3 heterocycles. The molecule has 2 amide bonds. The quantitative estimate of drug-likeness (QED) is 0.0427. The van der Waals surface area contributed by atoms with Gasteiger partial charge in [-0.25, -0.2) is 9.59 Å². The Kier molecular flexibility index (Phi) is 20.9. The fraction of sp³-hybridized carbons (Fsp3) is 0.569. The highest BCUT2D eigenvalue weighted by molar-refractivity contribution is 5.96. The molecular formula is C65H81N3O24. The molecule has 27 nitrogen and oxygen atoms in total. The van der Waals surface area contributed by atoms with E-state index in [1.165, 1.54) is 78.1 Å². The highest BCUT2D eigenvalue weighted by Gasteiger charge is 2.78. The summed E-state index contributed by atoms with van der Waals surface area (Å²) >= 11 is 0. The van der Waals surface area contributed by atoms with Crippen LogP contribution in [0.2, 0.25) is 0 Å². The van der Waals surface area contributed by atoms with Crippen LogP contribution in [0.25, 0.3) is 0 Å². The number of methoxy groups -OCH3 is 1. The maximum absolute atomic E-state index is 15.9. The monoisotopic (exact) mass is 1290 g/mol. The summed E-state index contributed by atoms with van der Waals surface area (Å²) in [5.41, 5.74) is -2.19. The predicted molar refractivity (Wildman–Crippen MR) is 315 cm³/mol. The first-order chi connectivity index (χ1) is 43.6. The largest absolute Gasteiger partial charge is 0.455 e. The first-order valence-corrected chi connectivity index (χ1v) is 30.4. The van der Waals surface area contributed by atoms with E-state index in [-0.39, 0.29) is 34.3 Å². The van der Waals surface area contributed by atoms with Crippen molar-refractivity contribution in [3.63, 3.8) is 0 Å². The number of amides is 2. The molecule has 3 aromatic carbocycles. The predicted octanol–water partition coefficient (Wildman–Crippen LogP) is 0.703. The lowest BCUT2D eigenvalue weighted by Crippen LogP contribution is -2.82. The average molecular weight is 1290 g/mol. The van der Waals surface area contributed by atoms with E-state index in [1.807, 2.05) is 0 Å².